The Bertz CT molecular complexity index is 601. The minimum Gasteiger partial charge on any atom is -0.297 e. The van der Waals surface area contributed by atoms with Crippen molar-refractivity contribution in [1.29, 1.82) is 5.26 Å². The highest BCUT2D eigenvalue weighted by molar-refractivity contribution is 7.99. The van der Waals surface area contributed by atoms with Crippen LogP contribution in [0, 0.1) is 22.2 Å². The predicted octanol–water partition coefficient (Wildman–Crippen LogP) is 4.17. The number of carbonyl (C=O) groups is 1. The van der Waals surface area contributed by atoms with Crippen LogP contribution < -0.4 is 0 Å². The van der Waals surface area contributed by atoms with Crippen LogP contribution in [0.1, 0.15) is 44.6 Å². The van der Waals surface area contributed by atoms with E-state index in [1.54, 1.807) is 0 Å². The van der Waals surface area contributed by atoms with Crippen LogP contribution in [0.2, 0.25) is 0 Å². The molecular formula is C17H19NOS. The third-order valence-electron chi connectivity index (χ3n) is 4.83. The number of carbonyl (C=O) groups excluding carboxylic acids is 1. The van der Waals surface area contributed by atoms with Gasteiger partial charge >= 0.3 is 0 Å². The highest BCUT2D eigenvalue weighted by atomic mass is 32.2. The summed E-state index contributed by atoms with van der Waals surface area (Å²) in [7, 11) is 0. The third kappa shape index (κ3) is 1.98. The molecule has 0 aromatic heterocycles. The van der Waals surface area contributed by atoms with Gasteiger partial charge in [0.2, 0.25) is 0 Å². The maximum Gasteiger partial charge on any atom is 0.158 e. The Balaban J connectivity index is 1.89. The molecule has 1 aromatic carbocycles. The molecule has 0 bridgehead atoms. The molecule has 2 aliphatic rings. The fraction of sp³-hybridized carbons (Fsp3) is 0.529. The maximum absolute atomic E-state index is 12.7. The molecule has 0 spiro atoms. The zero-order valence-electron chi connectivity index (χ0n) is 12.0. The first-order valence-electron chi connectivity index (χ1n) is 7.16. The molecule has 2 atom stereocenters. The molecule has 104 valence electrons. The van der Waals surface area contributed by atoms with Crippen molar-refractivity contribution in [2.24, 2.45) is 10.8 Å². The summed E-state index contributed by atoms with van der Waals surface area (Å²) >= 11 is 1.85. The summed E-state index contributed by atoms with van der Waals surface area (Å²) in [6.07, 6.45) is 2.25. The molecule has 1 heterocycles. The number of rotatable bonds is 2. The first kappa shape index (κ1) is 13.7. The lowest BCUT2D eigenvalue weighted by molar-refractivity contribution is -0.130. The molecule has 1 aromatic rings. The molecule has 3 heteroatoms. The van der Waals surface area contributed by atoms with Gasteiger partial charge in [0.25, 0.3) is 0 Å². The Morgan fingerprint density at radius 2 is 2.10 bits per heavy atom. The summed E-state index contributed by atoms with van der Waals surface area (Å²) in [6, 6.07) is 10.8. The topological polar surface area (TPSA) is 40.9 Å². The van der Waals surface area contributed by atoms with Crippen LogP contribution in [0.5, 0.6) is 0 Å². The smallest absolute Gasteiger partial charge is 0.158 e. The second-order valence-electron chi connectivity index (χ2n) is 6.66. The Hall–Kier alpha value is -1.27. The largest absolute Gasteiger partial charge is 0.297 e. The monoisotopic (exact) mass is 285 g/mol. The van der Waals surface area contributed by atoms with E-state index in [1.807, 2.05) is 25.6 Å². The van der Waals surface area contributed by atoms with E-state index in [-0.39, 0.29) is 11.2 Å². The molecule has 3 rings (SSSR count). The Morgan fingerprint density at radius 1 is 1.35 bits per heavy atom. The molecule has 2 nitrogen and oxygen atoms in total. The lowest BCUT2D eigenvalue weighted by Gasteiger charge is -2.25. The van der Waals surface area contributed by atoms with E-state index in [9.17, 15) is 10.1 Å². The van der Waals surface area contributed by atoms with Gasteiger partial charge in [0, 0.05) is 16.1 Å². The average Bonchev–Trinajstić information content (AvgIpc) is 2.95. The van der Waals surface area contributed by atoms with Crippen molar-refractivity contribution in [3.05, 3.63) is 29.8 Å². The van der Waals surface area contributed by atoms with Gasteiger partial charge in [-0.05, 0) is 36.8 Å². The summed E-state index contributed by atoms with van der Waals surface area (Å²) in [4.78, 5) is 14.0. The van der Waals surface area contributed by atoms with Gasteiger partial charge in [0.15, 0.2) is 5.78 Å². The van der Waals surface area contributed by atoms with Gasteiger partial charge in [-0.2, -0.15) is 5.26 Å². The summed E-state index contributed by atoms with van der Waals surface area (Å²) in [5.74, 6) is 1.49. The van der Waals surface area contributed by atoms with Gasteiger partial charge in [0.1, 0.15) is 5.41 Å². The molecule has 1 saturated carbocycles. The minimum atomic E-state index is -0.758. The minimum absolute atomic E-state index is 0.155. The van der Waals surface area contributed by atoms with Crippen molar-refractivity contribution in [1.82, 2.24) is 0 Å². The van der Waals surface area contributed by atoms with Crippen molar-refractivity contribution in [3.8, 4) is 6.07 Å². The van der Waals surface area contributed by atoms with Gasteiger partial charge in [0.05, 0.1) is 6.07 Å². The van der Waals surface area contributed by atoms with Crippen molar-refractivity contribution in [3.63, 3.8) is 0 Å². The van der Waals surface area contributed by atoms with Gasteiger partial charge in [-0.15, -0.1) is 11.8 Å². The molecule has 20 heavy (non-hydrogen) atoms. The van der Waals surface area contributed by atoms with E-state index in [1.165, 1.54) is 10.5 Å². The SMILES string of the molecule is CC1(C)CCC(C#N)(CC2CSc3ccccc32)C1=O. The molecular weight excluding hydrogens is 266 g/mol. The highest BCUT2D eigenvalue weighted by Gasteiger charge is 2.53. The number of thioether (sulfide) groups is 1. The summed E-state index contributed by atoms with van der Waals surface area (Å²) in [5.41, 5.74) is 0.234. The Kier molecular flexibility index (Phi) is 3.17. The fourth-order valence-electron chi connectivity index (χ4n) is 3.57. The molecule has 0 N–H and O–H groups in total. The molecule has 0 amide bonds. The zero-order valence-corrected chi connectivity index (χ0v) is 12.8. The predicted molar refractivity (Wildman–Crippen MR) is 80.6 cm³/mol. The Labute approximate surface area is 124 Å². The van der Waals surface area contributed by atoms with Crippen LogP contribution >= 0.6 is 11.8 Å². The normalized spacial score (nSPS) is 31.1. The molecule has 1 aliphatic heterocycles. The van der Waals surface area contributed by atoms with Crippen LogP contribution in [0.3, 0.4) is 0 Å². The van der Waals surface area contributed by atoms with Crippen LogP contribution in [-0.4, -0.2) is 11.5 Å². The maximum atomic E-state index is 12.7. The van der Waals surface area contributed by atoms with E-state index >= 15 is 0 Å². The number of hydrogen-bond acceptors (Lipinski definition) is 3. The van der Waals surface area contributed by atoms with E-state index in [0.29, 0.717) is 12.3 Å². The van der Waals surface area contributed by atoms with Gasteiger partial charge in [-0.25, -0.2) is 0 Å². The average molecular weight is 285 g/mol. The molecule has 2 unspecified atom stereocenters. The third-order valence-corrected chi connectivity index (χ3v) is 6.09. The second kappa shape index (κ2) is 4.63. The molecule has 0 saturated heterocycles. The Morgan fingerprint density at radius 3 is 2.75 bits per heavy atom. The zero-order chi connectivity index (χ0) is 14.4. The van der Waals surface area contributed by atoms with Crippen molar-refractivity contribution in [2.75, 3.05) is 5.75 Å². The molecule has 0 radical (unpaired) electrons. The van der Waals surface area contributed by atoms with Gasteiger partial charge in [-0.3, -0.25) is 4.79 Å². The first-order valence-corrected chi connectivity index (χ1v) is 8.15. The van der Waals surface area contributed by atoms with E-state index in [2.05, 4.69) is 30.3 Å². The quantitative estimate of drug-likeness (QED) is 0.819. The number of benzene rings is 1. The van der Waals surface area contributed by atoms with Crippen molar-refractivity contribution >= 4 is 17.5 Å². The van der Waals surface area contributed by atoms with Crippen LogP contribution in [0.25, 0.3) is 0 Å². The first-order chi connectivity index (χ1) is 9.48. The molecule has 1 aliphatic carbocycles. The lowest BCUT2D eigenvalue weighted by atomic mass is 9.74. The van der Waals surface area contributed by atoms with Crippen molar-refractivity contribution in [2.45, 2.75) is 43.9 Å². The standard InChI is InChI=1S/C17H19NOS/c1-16(2)7-8-17(11-18,15(16)19)9-12-10-20-14-6-4-3-5-13(12)14/h3-6,12H,7-10H2,1-2H3. The van der Waals surface area contributed by atoms with E-state index in [0.717, 1.165) is 18.6 Å². The highest BCUT2D eigenvalue weighted by Crippen LogP contribution is 2.52. The second-order valence-corrected chi connectivity index (χ2v) is 7.72. The number of ketones is 1. The summed E-state index contributed by atoms with van der Waals surface area (Å²) in [5, 5.41) is 9.65. The van der Waals surface area contributed by atoms with Gasteiger partial charge < -0.3 is 0 Å². The van der Waals surface area contributed by atoms with Crippen LogP contribution in [0.4, 0.5) is 0 Å². The lowest BCUT2D eigenvalue weighted by Crippen LogP contribution is -2.32. The van der Waals surface area contributed by atoms with Crippen LogP contribution in [0.15, 0.2) is 29.2 Å². The van der Waals surface area contributed by atoms with E-state index in [4.69, 9.17) is 0 Å². The van der Waals surface area contributed by atoms with Crippen LogP contribution in [-0.2, 0) is 4.79 Å². The summed E-state index contributed by atoms with van der Waals surface area (Å²) in [6.45, 7) is 3.96. The van der Waals surface area contributed by atoms with Gasteiger partial charge in [-0.1, -0.05) is 32.0 Å². The molecule has 1 fully saturated rings. The van der Waals surface area contributed by atoms with E-state index < -0.39 is 5.41 Å². The van der Waals surface area contributed by atoms with Crippen molar-refractivity contribution < 1.29 is 4.79 Å². The summed E-state index contributed by atoms with van der Waals surface area (Å²) < 4.78 is 0. The number of Topliss-reactive ketones (excluding diaryl/α,β-unsaturated/α-hetero) is 1. The number of fused-ring (bicyclic) bond motifs is 1. The number of nitriles is 1. The number of hydrogen-bond donors (Lipinski definition) is 0. The number of nitrogens with zero attached hydrogens (tertiary/aromatic N) is 1. The fourth-order valence-corrected chi connectivity index (χ4v) is 4.82.